The molecule has 0 aliphatic carbocycles. The average molecular weight is 472 g/mol. The van der Waals surface area contributed by atoms with Crippen LogP contribution in [0, 0.1) is 0 Å². The molecule has 4 N–H and O–H groups in total. The van der Waals surface area contributed by atoms with E-state index in [2.05, 4.69) is 0 Å². The summed E-state index contributed by atoms with van der Waals surface area (Å²) in [5, 5.41) is 41.7. The van der Waals surface area contributed by atoms with Gasteiger partial charge in [0.2, 0.25) is 6.29 Å². The zero-order valence-corrected chi connectivity index (χ0v) is 18.4. The minimum absolute atomic E-state index is 0.0815. The summed E-state index contributed by atoms with van der Waals surface area (Å²) in [5.41, 5.74) is 1.22. The molecule has 1 saturated heterocycles. The molecule has 34 heavy (non-hydrogen) atoms. The van der Waals surface area contributed by atoms with Gasteiger partial charge < -0.3 is 29.9 Å². The summed E-state index contributed by atoms with van der Waals surface area (Å²) in [6.45, 7) is 0.275. The van der Waals surface area contributed by atoms with Crippen molar-refractivity contribution in [3.05, 3.63) is 77.4 Å². The molecular weight excluding hydrogens is 446 g/mol. The van der Waals surface area contributed by atoms with Crippen molar-refractivity contribution >= 4 is 22.9 Å². The Balaban J connectivity index is 1.66. The van der Waals surface area contributed by atoms with Crippen molar-refractivity contribution in [2.75, 3.05) is 6.61 Å². The Kier molecular flexibility index (Phi) is 6.97. The molecule has 1 heterocycles. The third-order valence-corrected chi connectivity index (χ3v) is 5.84. The normalized spacial score (nSPS) is 25.7. The first-order chi connectivity index (χ1) is 16.2. The molecule has 4 rings (SSSR count). The number of rotatable bonds is 6. The number of hydrogen-bond acceptors (Lipinski definition) is 6. The zero-order chi connectivity index (χ0) is 24.5. The monoisotopic (exact) mass is 472 g/mol. The minimum Gasteiger partial charge on any atom is -0.461 e. The fraction of sp³-hybridized carbons (Fsp3) is 0.308. The van der Waals surface area contributed by atoms with Crippen molar-refractivity contribution in [3.8, 4) is 5.75 Å². The van der Waals surface area contributed by atoms with Gasteiger partial charge in [0.05, 0.1) is 6.61 Å². The van der Waals surface area contributed by atoms with Gasteiger partial charge in [-0.15, -0.1) is 0 Å². The third-order valence-electron chi connectivity index (χ3n) is 5.84. The number of alkyl halides is 2. The molecule has 8 heteroatoms. The fourth-order valence-electron chi connectivity index (χ4n) is 3.83. The average Bonchev–Trinajstić information content (AvgIpc) is 2.82. The Bertz CT molecular complexity index is 1160. The van der Waals surface area contributed by atoms with Crippen molar-refractivity contribution < 1.29 is 38.7 Å². The summed E-state index contributed by atoms with van der Waals surface area (Å²) < 4.78 is 38.4. The Morgan fingerprint density at radius 1 is 0.912 bits per heavy atom. The largest absolute Gasteiger partial charge is 0.461 e. The second-order valence-electron chi connectivity index (χ2n) is 8.40. The highest BCUT2D eigenvalue weighted by atomic mass is 19.3. The molecule has 6 nitrogen and oxygen atoms in total. The van der Waals surface area contributed by atoms with Crippen molar-refractivity contribution in [2.24, 2.45) is 0 Å². The fourth-order valence-corrected chi connectivity index (χ4v) is 3.83. The van der Waals surface area contributed by atoms with E-state index >= 15 is 0 Å². The van der Waals surface area contributed by atoms with Crippen LogP contribution in [0.25, 0.3) is 22.9 Å². The van der Waals surface area contributed by atoms with Gasteiger partial charge in [-0.3, -0.25) is 0 Å². The van der Waals surface area contributed by atoms with Crippen molar-refractivity contribution in [1.29, 1.82) is 0 Å². The van der Waals surface area contributed by atoms with E-state index in [0.29, 0.717) is 16.9 Å². The Morgan fingerprint density at radius 3 is 2.18 bits per heavy atom. The van der Waals surface area contributed by atoms with Gasteiger partial charge in [-0.25, -0.2) is 8.78 Å². The van der Waals surface area contributed by atoms with Crippen molar-refractivity contribution in [3.63, 3.8) is 0 Å². The Labute approximate surface area is 195 Å². The number of aliphatic hydroxyl groups excluding tert-OH is 4. The molecule has 3 aromatic carbocycles. The highest BCUT2D eigenvalue weighted by Crippen LogP contribution is 2.32. The molecule has 0 radical (unpaired) electrons. The first kappa shape index (κ1) is 24.3. The maximum absolute atomic E-state index is 13.5. The first-order valence-electron chi connectivity index (χ1n) is 10.8. The van der Waals surface area contributed by atoms with Crippen LogP contribution in [0.5, 0.6) is 5.75 Å². The number of hydrogen-bond donors (Lipinski definition) is 4. The summed E-state index contributed by atoms with van der Waals surface area (Å²) in [5.74, 6) is -2.59. The highest BCUT2D eigenvalue weighted by molar-refractivity contribution is 5.88. The van der Waals surface area contributed by atoms with E-state index < -0.39 is 43.2 Å². The number of benzene rings is 3. The molecule has 5 atom stereocenters. The van der Waals surface area contributed by atoms with Gasteiger partial charge in [0, 0.05) is 18.1 Å². The molecule has 1 fully saturated rings. The lowest BCUT2D eigenvalue weighted by Gasteiger charge is -2.39. The van der Waals surface area contributed by atoms with E-state index in [0.717, 1.165) is 17.7 Å². The lowest BCUT2D eigenvalue weighted by Crippen LogP contribution is -2.60. The molecule has 180 valence electrons. The number of halogens is 2. The van der Waals surface area contributed by atoms with Crippen molar-refractivity contribution in [1.82, 2.24) is 0 Å². The van der Waals surface area contributed by atoms with E-state index in [-0.39, 0.29) is 5.56 Å². The van der Waals surface area contributed by atoms with Crippen LogP contribution in [-0.4, -0.2) is 57.7 Å². The summed E-state index contributed by atoms with van der Waals surface area (Å²) >= 11 is 0. The highest BCUT2D eigenvalue weighted by Gasteiger charge is 2.44. The number of fused-ring (bicyclic) bond motifs is 1. The van der Waals surface area contributed by atoms with E-state index in [4.69, 9.17) is 9.47 Å². The van der Waals surface area contributed by atoms with Crippen LogP contribution in [0.1, 0.15) is 23.6 Å². The van der Waals surface area contributed by atoms with Crippen LogP contribution in [0.3, 0.4) is 0 Å². The maximum atomic E-state index is 13.5. The van der Waals surface area contributed by atoms with E-state index in [1.54, 1.807) is 30.4 Å². The van der Waals surface area contributed by atoms with Gasteiger partial charge in [-0.05, 0) is 28.5 Å². The summed E-state index contributed by atoms with van der Waals surface area (Å²) in [7, 11) is 0. The zero-order valence-electron chi connectivity index (χ0n) is 18.4. The van der Waals surface area contributed by atoms with Gasteiger partial charge >= 0.3 is 0 Å². The molecule has 1 aliphatic heterocycles. The molecule has 0 amide bonds. The lowest BCUT2D eigenvalue weighted by atomic mass is 9.99. The maximum Gasteiger partial charge on any atom is 0.270 e. The molecular formula is C26H26F2O6. The van der Waals surface area contributed by atoms with Crippen LogP contribution in [0.2, 0.25) is 0 Å². The van der Waals surface area contributed by atoms with Crippen LogP contribution in [-0.2, 0) is 10.7 Å². The Hall–Kier alpha value is -2.88. The Morgan fingerprint density at radius 2 is 1.56 bits per heavy atom. The third kappa shape index (κ3) is 5.11. The summed E-state index contributed by atoms with van der Waals surface area (Å²) in [6.07, 6.45) is -3.57. The van der Waals surface area contributed by atoms with Crippen LogP contribution >= 0.6 is 0 Å². The van der Waals surface area contributed by atoms with Gasteiger partial charge in [0.15, 0.2) is 0 Å². The van der Waals surface area contributed by atoms with E-state index in [9.17, 15) is 29.2 Å². The van der Waals surface area contributed by atoms with E-state index in [1.807, 2.05) is 30.3 Å². The molecule has 0 saturated carbocycles. The predicted octanol–water partition coefficient (Wildman–Crippen LogP) is 3.30. The second-order valence-corrected chi connectivity index (χ2v) is 8.40. The van der Waals surface area contributed by atoms with Gasteiger partial charge in [0.1, 0.15) is 30.2 Å². The molecule has 1 unspecified atom stereocenters. The quantitative estimate of drug-likeness (QED) is 0.411. The molecule has 0 aromatic heterocycles. The molecule has 0 bridgehead atoms. The molecule has 3 aromatic rings. The number of ether oxygens (including phenoxy) is 2. The van der Waals surface area contributed by atoms with Crippen LogP contribution < -0.4 is 4.74 Å². The van der Waals surface area contributed by atoms with Gasteiger partial charge in [-0.2, -0.15) is 0 Å². The summed E-state index contributed by atoms with van der Waals surface area (Å²) in [6, 6.07) is 17.1. The van der Waals surface area contributed by atoms with Crippen LogP contribution in [0.4, 0.5) is 8.78 Å². The van der Waals surface area contributed by atoms with Gasteiger partial charge in [-0.1, -0.05) is 60.7 Å². The standard InChI is InChI=1S/C26H26F2O6/c1-26(27,28)19-10-7-15(8-11-19)6-9-18-12-16-4-2-3-5-17(16)13-20(18)33-25-24(32)23(31)22(30)21(14-29)34-25/h2-13,21-25,29-32H,14H2,1H3/b9-6+/t21-,22-,23+,24-,25?/m1/s1. The topological polar surface area (TPSA) is 99.4 Å². The van der Waals surface area contributed by atoms with E-state index in [1.165, 1.54) is 12.1 Å². The van der Waals surface area contributed by atoms with Crippen molar-refractivity contribution in [2.45, 2.75) is 43.6 Å². The smallest absolute Gasteiger partial charge is 0.270 e. The predicted molar refractivity (Wildman–Crippen MR) is 123 cm³/mol. The summed E-state index contributed by atoms with van der Waals surface area (Å²) in [4.78, 5) is 0. The van der Waals surface area contributed by atoms with Gasteiger partial charge in [0.25, 0.3) is 5.92 Å². The first-order valence-corrected chi connectivity index (χ1v) is 10.8. The number of aliphatic hydroxyl groups is 4. The molecule has 0 spiro atoms. The van der Waals surface area contributed by atoms with Crippen LogP contribution in [0.15, 0.2) is 60.7 Å². The molecule has 1 aliphatic rings. The minimum atomic E-state index is -2.92. The lowest BCUT2D eigenvalue weighted by molar-refractivity contribution is -0.277. The second kappa shape index (κ2) is 9.77. The SMILES string of the molecule is CC(F)(F)c1ccc(/C=C/c2cc3ccccc3cc2OC2O[C@H](CO)[C@@H](O)[C@H](O)[C@H]2O)cc1.